The summed E-state index contributed by atoms with van der Waals surface area (Å²) in [5, 5.41) is 3.49. The number of benzene rings is 1. The molecule has 1 aromatic carbocycles. The van der Waals surface area contributed by atoms with E-state index < -0.39 is 5.91 Å². The van der Waals surface area contributed by atoms with Crippen molar-refractivity contribution >= 4 is 18.3 Å². The van der Waals surface area contributed by atoms with E-state index >= 15 is 0 Å². The maximum absolute atomic E-state index is 11.0. The number of nitrogens with one attached hydrogen (secondary N) is 1. The largest absolute Gasteiger partial charge is 0.493 e. The molecule has 1 spiro atoms. The van der Waals surface area contributed by atoms with Crippen molar-refractivity contribution in [2.24, 2.45) is 11.1 Å². The first-order chi connectivity index (χ1) is 12.0. The molecule has 3 N–H and O–H groups in total. The van der Waals surface area contributed by atoms with Gasteiger partial charge in [0, 0.05) is 19.6 Å². The van der Waals surface area contributed by atoms with E-state index in [-0.39, 0.29) is 19.0 Å². The Kier molecular flexibility index (Phi) is 6.97. The van der Waals surface area contributed by atoms with Crippen LogP contribution >= 0.6 is 12.4 Å². The molecule has 1 aromatic rings. The molecule has 1 amide bonds. The summed E-state index contributed by atoms with van der Waals surface area (Å²) in [6.07, 6.45) is 2.50. The van der Waals surface area contributed by atoms with E-state index in [0.29, 0.717) is 22.7 Å². The lowest BCUT2D eigenvalue weighted by Gasteiger charge is -2.23. The summed E-state index contributed by atoms with van der Waals surface area (Å²) >= 11 is 0. The third-order valence-electron chi connectivity index (χ3n) is 5.13. The highest BCUT2D eigenvalue weighted by atomic mass is 35.5. The summed E-state index contributed by atoms with van der Waals surface area (Å²) in [5.74, 6) is 0.963. The smallest absolute Gasteiger partial charge is 0.255 e. The average Bonchev–Trinajstić information content (AvgIpc) is 3.22. The number of carbonyl (C=O) groups is 1. The molecule has 1 unspecified atom stereocenters. The van der Waals surface area contributed by atoms with Gasteiger partial charge >= 0.3 is 0 Å². The van der Waals surface area contributed by atoms with Crippen molar-refractivity contribution in [2.75, 3.05) is 47.0 Å². The zero-order valence-corrected chi connectivity index (χ0v) is 16.2. The molecular weight excluding hydrogens is 358 g/mol. The van der Waals surface area contributed by atoms with Crippen LogP contribution in [0.3, 0.4) is 0 Å². The Morgan fingerprint density at radius 1 is 1.27 bits per heavy atom. The van der Waals surface area contributed by atoms with Gasteiger partial charge in [0.2, 0.25) is 5.75 Å². The summed E-state index contributed by atoms with van der Waals surface area (Å²) < 4.78 is 16.3. The molecular formula is C18H28ClN3O4. The van der Waals surface area contributed by atoms with Gasteiger partial charge < -0.3 is 25.3 Å². The van der Waals surface area contributed by atoms with Gasteiger partial charge in [-0.05, 0) is 49.0 Å². The zero-order chi connectivity index (χ0) is 17.9. The molecule has 0 saturated carbocycles. The van der Waals surface area contributed by atoms with Gasteiger partial charge in [0.25, 0.3) is 5.91 Å². The highest BCUT2D eigenvalue weighted by Crippen LogP contribution is 2.40. The van der Waals surface area contributed by atoms with Gasteiger partial charge in [-0.15, -0.1) is 12.4 Å². The zero-order valence-electron chi connectivity index (χ0n) is 15.4. The molecule has 0 aromatic heterocycles. The van der Waals surface area contributed by atoms with Crippen molar-refractivity contribution < 1.29 is 19.0 Å². The van der Waals surface area contributed by atoms with E-state index in [1.54, 1.807) is 14.2 Å². The number of methoxy groups -OCH3 is 2. The van der Waals surface area contributed by atoms with E-state index in [1.165, 1.54) is 12.8 Å². The minimum absolute atomic E-state index is 0. The number of primary amides is 1. The van der Waals surface area contributed by atoms with Crippen LogP contribution in [0.2, 0.25) is 0 Å². The van der Waals surface area contributed by atoms with Gasteiger partial charge in [-0.1, -0.05) is 0 Å². The molecule has 146 valence electrons. The van der Waals surface area contributed by atoms with Crippen LogP contribution in [-0.4, -0.2) is 57.8 Å². The highest BCUT2D eigenvalue weighted by molar-refractivity contribution is 5.85. The van der Waals surface area contributed by atoms with Crippen LogP contribution in [0.1, 0.15) is 18.4 Å². The van der Waals surface area contributed by atoms with E-state index in [0.717, 1.165) is 38.3 Å². The van der Waals surface area contributed by atoms with Gasteiger partial charge in [-0.2, -0.15) is 0 Å². The van der Waals surface area contributed by atoms with Crippen LogP contribution in [0, 0.1) is 5.41 Å². The van der Waals surface area contributed by atoms with Crippen LogP contribution < -0.4 is 25.3 Å². The second-order valence-corrected chi connectivity index (χ2v) is 6.97. The second-order valence-electron chi connectivity index (χ2n) is 6.97. The lowest BCUT2D eigenvalue weighted by atomic mass is 9.86. The van der Waals surface area contributed by atoms with Gasteiger partial charge in [0.15, 0.2) is 18.1 Å². The molecule has 0 bridgehead atoms. The molecule has 0 aliphatic carbocycles. The average molecular weight is 386 g/mol. The fraction of sp³-hybridized carbons (Fsp3) is 0.611. The number of nitrogens with zero attached hydrogens (tertiary/aromatic N) is 1. The summed E-state index contributed by atoms with van der Waals surface area (Å²) in [5.41, 5.74) is 6.70. The number of nitrogens with two attached hydrogens (primary N) is 1. The third kappa shape index (κ3) is 4.52. The maximum atomic E-state index is 11.0. The van der Waals surface area contributed by atoms with Gasteiger partial charge in [-0.25, -0.2) is 0 Å². The van der Waals surface area contributed by atoms with Crippen LogP contribution in [0.4, 0.5) is 0 Å². The first-order valence-corrected chi connectivity index (χ1v) is 8.64. The molecule has 8 heteroatoms. The molecule has 2 heterocycles. The standard InChI is InChI=1S/C18H27N3O4.ClH/c1-23-14-7-13(8-15(24-2)17(14)25-10-16(19)22)9-21-6-4-18(12-21)3-5-20-11-18;/h7-8,20H,3-6,9-12H2,1-2H3,(H2,19,22);1H. The van der Waals surface area contributed by atoms with Crippen molar-refractivity contribution in [2.45, 2.75) is 19.4 Å². The predicted molar refractivity (Wildman–Crippen MR) is 101 cm³/mol. The van der Waals surface area contributed by atoms with Crippen molar-refractivity contribution in [1.29, 1.82) is 0 Å². The molecule has 0 radical (unpaired) electrons. The Morgan fingerprint density at radius 3 is 2.50 bits per heavy atom. The fourth-order valence-corrected chi connectivity index (χ4v) is 3.88. The first kappa shape index (κ1) is 20.6. The number of amides is 1. The lowest BCUT2D eigenvalue weighted by Crippen LogP contribution is -2.29. The van der Waals surface area contributed by atoms with Crippen molar-refractivity contribution in [1.82, 2.24) is 10.2 Å². The maximum Gasteiger partial charge on any atom is 0.255 e. The number of rotatable bonds is 7. The lowest BCUT2D eigenvalue weighted by molar-refractivity contribution is -0.119. The van der Waals surface area contributed by atoms with Crippen molar-refractivity contribution in [3.63, 3.8) is 0 Å². The topological polar surface area (TPSA) is 86.1 Å². The van der Waals surface area contributed by atoms with E-state index in [2.05, 4.69) is 10.2 Å². The molecule has 3 rings (SSSR count). The Hall–Kier alpha value is -1.70. The van der Waals surface area contributed by atoms with Crippen LogP contribution in [-0.2, 0) is 11.3 Å². The van der Waals surface area contributed by atoms with E-state index in [1.807, 2.05) is 12.1 Å². The molecule has 2 saturated heterocycles. The fourth-order valence-electron chi connectivity index (χ4n) is 3.88. The van der Waals surface area contributed by atoms with E-state index in [4.69, 9.17) is 19.9 Å². The number of carbonyl (C=O) groups excluding carboxylic acids is 1. The molecule has 7 nitrogen and oxygen atoms in total. The van der Waals surface area contributed by atoms with Gasteiger partial charge in [-0.3, -0.25) is 9.69 Å². The summed E-state index contributed by atoms with van der Waals surface area (Å²) in [6, 6.07) is 3.88. The van der Waals surface area contributed by atoms with Crippen LogP contribution in [0.25, 0.3) is 0 Å². The number of ether oxygens (including phenoxy) is 3. The summed E-state index contributed by atoms with van der Waals surface area (Å²) in [7, 11) is 3.15. The van der Waals surface area contributed by atoms with Gasteiger partial charge in [0.05, 0.1) is 14.2 Å². The first-order valence-electron chi connectivity index (χ1n) is 8.64. The number of hydrogen-bond donors (Lipinski definition) is 2. The molecule has 1 atom stereocenters. The number of likely N-dealkylation sites (tertiary alicyclic amines) is 1. The van der Waals surface area contributed by atoms with Crippen LogP contribution in [0.15, 0.2) is 12.1 Å². The summed E-state index contributed by atoms with van der Waals surface area (Å²) in [6.45, 7) is 5.09. The number of hydrogen-bond acceptors (Lipinski definition) is 6. The Morgan fingerprint density at radius 2 is 1.96 bits per heavy atom. The minimum Gasteiger partial charge on any atom is -0.493 e. The summed E-state index contributed by atoms with van der Waals surface area (Å²) in [4.78, 5) is 13.5. The Labute approximate surface area is 160 Å². The number of halogens is 1. The molecule has 2 aliphatic heterocycles. The van der Waals surface area contributed by atoms with Crippen molar-refractivity contribution in [3.8, 4) is 17.2 Å². The predicted octanol–water partition coefficient (Wildman–Crippen LogP) is 1.18. The molecule has 2 aliphatic rings. The van der Waals surface area contributed by atoms with E-state index in [9.17, 15) is 4.79 Å². The third-order valence-corrected chi connectivity index (χ3v) is 5.13. The SMILES string of the molecule is COc1cc(CN2CCC3(CCNC3)C2)cc(OC)c1OCC(N)=O.Cl. The monoisotopic (exact) mass is 385 g/mol. The van der Waals surface area contributed by atoms with Crippen molar-refractivity contribution in [3.05, 3.63) is 17.7 Å². The Bertz CT molecular complexity index is 610. The normalized spacial score (nSPS) is 22.2. The minimum atomic E-state index is -0.541. The molecule has 2 fully saturated rings. The quantitative estimate of drug-likeness (QED) is 0.733. The van der Waals surface area contributed by atoms with Gasteiger partial charge in [0.1, 0.15) is 0 Å². The second kappa shape index (κ2) is 8.79. The van der Waals surface area contributed by atoms with Crippen LogP contribution in [0.5, 0.6) is 17.2 Å². The Balaban J connectivity index is 0.00000243. The highest BCUT2D eigenvalue weighted by Gasteiger charge is 2.40. The molecule has 26 heavy (non-hydrogen) atoms.